The summed E-state index contributed by atoms with van der Waals surface area (Å²) in [6.45, 7) is 4.47. The van der Waals surface area contributed by atoms with Crippen molar-refractivity contribution < 1.29 is 4.52 Å². The first-order valence-corrected chi connectivity index (χ1v) is 8.48. The molecular weight excluding hydrogens is 290 g/mol. The van der Waals surface area contributed by atoms with E-state index in [1.165, 1.54) is 12.8 Å². The Balaban J connectivity index is 1.50. The van der Waals surface area contributed by atoms with Gasteiger partial charge in [0.15, 0.2) is 5.82 Å². The summed E-state index contributed by atoms with van der Waals surface area (Å²) >= 11 is 0. The van der Waals surface area contributed by atoms with Gasteiger partial charge >= 0.3 is 0 Å². The molecule has 6 nitrogen and oxygen atoms in total. The monoisotopic (exact) mass is 313 g/mol. The van der Waals surface area contributed by atoms with Crippen LogP contribution in [0.2, 0.25) is 0 Å². The molecule has 6 heteroatoms. The van der Waals surface area contributed by atoms with Crippen LogP contribution in [0.25, 0.3) is 11.5 Å². The minimum Gasteiger partial charge on any atom is -0.357 e. The van der Waals surface area contributed by atoms with E-state index in [2.05, 4.69) is 26.9 Å². The molecule has 1 aliphatic carbocycles. The fraction of sp³-hybridized carbons (Fsp3) is 0.588. The van der Waals surface area contributed by atoms with Crippen LogP contribution in [-0.4, -0.2) is 28.2 Å². The first-order valence-electron chi connectivity index (χ1n) is 8.48. The quantitative estimate of drug-likeness (QED) is 0.938. The Morgan fingerprint density at radius 1 is 1.26 bits per heavy atom. The van der Waals surface area contributed by atoms with Crippen molar-refractivity contribution in [3.63, 3.8) is 0 Å². The lowest BCUT2D eigenvalue weighted by Crippen LogP contribution is -2.44. The molecule has 2 N–H and O–H groups in total. The van der Waals surface area contributed by atoms with E-state index in [0.717, 1.165) is 49.7 Å². The van der Waals surface area contributed by atoms with E-state index in [1.807, 2.05) is 18.3 Å². The third-order valence-corrected chi connectivity index (χ3v) is 5.22. The third kappa shape index (κ3) is 2.72. The normalized spacial score (nSPS) is 21.2. The summed E-state index contributed by atoms with van der Waals surface area (Å²) in [6.07, 6.45) is 7.26. The van der Waals surface area contributed by atoms with Crippen molar-refractivity contribution in [2.24, 2.45) is 11.7 Å². The molecule has 1 saturated carbocycles. The molecule has 0 radical (unpaired) electrons. The molecule has 122 valence electrons. The number of aromatic nitrogens is 3. The summed E-state index contributed by atoms with van der Waals surface area (Å²) in [5.74, 6) is 2.96. The van der Waals surface area contributed by atoms with Gasteiger partial charge in [-0.2, -0.15) is 4.98 Å². The number of nitrogens with zero attached hydrogens (tertiary/aromatic N) is 4. The van der Waals surface area contributed by atoms with Crippen molar-refractivity contribution in [3.05, 3.63) is 24.2 Å². The molecular formula is C17H23N5O. The number of piperidine rings is 1. The molecule has 3 heterocycles. The second kappa shape index (κ2) is 5.60. The zero-order valence-electron chi connectivity index (χ0n) is 13.5. The van der Waals surface area contributed by atoms with Gasteiger partial charge in [0.25, 0.3) is 5.89 Å². The summed E-state index contributed by atoms with van der Waals surface area (Å²) in [5.41, 5.74) is 6.70. The van der Waals surface area contributed by atoms with E-state index < -0.39 is 0 Å². The van der Waals surface area contributed by atoms with Crippen LogP contribution < -0.4 is 10.6 Å². The maximum Gasteiger partial charge on any atom is 0.259 e. The lowest BCUT2D eigenvalue weighted by molar-refractivity contribution is 0.229. The average molecular weight is 313 g/mol. The Labute approximate surface area is 136 Å². The van der Waals surface area contributed by atoms with Gasteiger partial charge in [-0.05, 0) is 50.2 Å². The molecule has 4 rings (SSSR count). The van der Waals surface area contributed by atoms with Gasteiger partial charge in [-0.25, -0.2) is 4.98 Å². The fourth-order valence-electron chi connectivity index (χ4n) is 3.26. The van der Waals surface area contributed by atoms with Crippen molar-refractivity contribution in [1.29, 1.82) is 0 Å². The number of pyridine rings is 1. The first-order chi connectivity index (χ1) is 11.1. The smallest absolute Gasteiger partial charge is 0.259 e. The van der Waals surface area contributed by atoms with Gasteiger partial charge in [0.2, 0.25) is 0 Å². The van der Waals surface area contributed by atoms with E-state index in [0.29, 0.717) is 11.7 Å². The zero-order valence-corrected chi connectivity index (χ0v) is 13.5. The van der Waals surface area contributed by atoms with Crippen molar-refractivity contribution in [2.75, 3.05) is 18.0 Å². The van der Waals surface area contributed by atoms with E-state index in [-0.39, 0.29) is 5.54 Å². The molecule has 0 aromatic carbocycles. The SMILES string of the molecule is CC1CCN(c2ccc(-c3nc(C4(N)CCC4)no3)cn2)CC1. The highest BCUT2D eigenvalue weighted by Gasteiger charge is 2.39. The lowest BCUT2D eigenvalue weighted by Gasteiger charge is -2.34. The number of hydrogen-bond acceptors (Lipinski definition) is 6. The predicted octanol–water partition coefficient (Wildman–Crippen LogP) is 2.71. The van der Waals surface area contributed by atoms with Gasteiger partial charge in [-0.3, -0.25) is 0 Å². The molecule has 2 aromatic heterocycles. The van der Waals surface area contributed by atoms with Crippen LogP contribution >= 0.6 is 0 Å². The van der Waals surface area contributed by atoms with Gasteiger partial charge in [-0.1, -0.05) is 12.1 Å². The number of rotatable bonds is 3. The summed E-state index contributed by atoms with van der Waals surface area (Å²) in [7, 11) is 0. The van der Waals surface area contributed by atoms with Gasteiger partial charge in [0, 0.05) is 19.3 Å². The van der Waals surface area contributed by atoms with Gasteiger partial charge in [0.1, 0.15) is 5.82 Å². The molecule has 2 fully saturated rings. The van der Waals surface area contributed by atoms with E-state index in [4.69, 9.17) is 10.3 Å². The summed E-state index contributed by atoms with van der Waals surface area (Å²) in [6, 6.07) is 4.04. The minimum absolute atomic E-state index is 0.389. The van der Waals surface area contributed by atoms with Crippen LogP contribution in [0.4, 0.5) is 5.82 Å². The highest BCUT2D eigenvalue weighted by molar-refractivity contribution is 5.55. The van der Waals surface area contributed by atoms with Gasteiger partial charge in [0.05, 0.1) is 11.1 Å². The molecule has 0 atom stereocenters. The Morgan fingerprint density at radius 3 is 2.65 bits per heavy atom. The van der Waals surface area contributed by atoms with Gasteiger partial charge < -0.3 is 15.2 Å². The molecule has 0 amide bonds. The Hall–Kier alpha value is -1.95. The Kier molecular flexibility index (Phi) is 3.56. The first kappa shape index (κ1) is 14.6. The second-order valence-electron chi connectivity index (χ2n) is 7.01. The molecule has 2 aromatic rings. The van der Waals surface area contributed by atoms with Crippen molar-refractivity contribution in [1.82, 2.24) is 15.1 Å². The molecule has 23 heavy (non-hydrogen) atoms. The zero-order chi connectivity index (χ0) is 15.9. The van der Waals surface area contributed by atoms with E-state index >= 15 is 0 Å². The van der Waals surface area contributed by atoms with Gasteiger partial charge in [-0.15, -0.1) is 0 Å². The molecule has 0 spiro atoms. The van der Waals surface area contributed by atoms with Crippen LogP contribution in [0, 0.1) is 5.92 Å². The van der Waals surface area contributed by atoms with Crippen LogP contribution in [-0.2, 0) is 5.54 Å². The van der Waals surface area contributed by atoms with Crippen LogP contribution in [0.1, 0.15) is 44.9 Å². The van der Waals surface area contributed by atoms with Crippen LogP contribution in [0.5, 0.6) is 0 Å². The minimum atomic E-state index is -0.389. The maximum atomic E-state index is 6.24. The van der Waals surface area contributed by atoms with Crippen LogP contribution in [0.3, 0.4) is 0 Å². The van der Waals surface area contributed by atoms with Crippen molar-refractivity contribution in [2.45, 2.75) is 44.6 Å². The molecule has 0 unspecified atom stereocenters. The number of anilines is 1. The van der Waals surface area contributed by atoms with Crippen molar-refractivity contribution >= 4 is 5.82 Å². The molecule has 1 aliphatic heterocycles. The lowest BCUT2D eigenvalue weighted by atomic mass is 9.77. The Morgan fingerprint density at radius 2 is 2.04 bits per heavy atom. The standard InChI is InChI=1S/C17H23N5O/c1-12-5-9-22(10-6-12)14-4-3-13(11-19-14)15-20-16(21-23-15)17(18)7-2-8-17/h3-4,11-12H,2,5-10,18H2,1H3. The summed E-state index contributed by atoms with van der Waals surface area (Å²) in [5, 5.41) is 4.06. The predicted molar refractivity (Wildman–Crippen MR) is 87.9 cm³/mol. The average Bonchev–Trinajstić information content (AvgIpc) is 3.04. The highest BCUT2D eigenvalue weighted by atomic mass is 16.5. The molecule has 1 saturated heterocycles. The number of hydrogen-bond donors (Lipinski definition) is 1. The summed E-state index contributed by atoms with van der Waals surface area (Å²) < 4.78 is 5.38. The summed E-state index contributed by atoms with van der Waals surface area (Å²) in [4.78, 5) is 11.4. The van der Waals surface area contributed by atoms with E-state index in [9.17, 15) is 0 Å². The topological polar surface area (TPSA) is 81.1 Å². The Bertz CT molecular complexity index is 669. The third-order valence-electron chi connectivity index (χ3n) is 5.22. The largest absolute Gasteiger partial charge is 0.357 e. The molecule has 2 aliphatic rings. The molecule has 0 bridgehead atoms. The second-order valence-corrected chi connectivity index (χ2v) is 7.01. The maximum absolute atomic E-state index is 6.24. The number of nitrogens with two attached hydrogens (primary N) is 1. The van der Waals surface area contributed by atoms with E-state index in [1.54, 1.807) is 0 Å². The fourth-order valence-corrected chi connectivity index (χ4v) is 3.26. The van der Waals surface area contributed by atoms with Crippen molar-refractivity contribution in [3.8, 4) is 11.5 Å². The highest BCUT2D eigenvalue weighted by Crippen LogP contribution is 2.37. The van der Waals surface area contributed by atoms with Crippen LogP contribution in [0.15, 0.2) is 22.9 Å².